The van der Waals surface area contributed by atoms with Crippen molar-refractivity contribution >= 4 is 21.8 Å². The maximum Gasteiger partial charge on any atom is 0.242 e. The van der Waals surface area contributed by atoms with E-state index in [4.69, 9.17) is 0 Å². The summed E-state index contributed by atoms with van der Waals surface area (Å²) >= 11 is 3.47. The quantitative estimate of drug-likeness (QED) is 0.862. The van der Waals surface area contributed by atoms with Crippen molar-refractivity contribution in [3.05, 3.63) is 70.2 Å². The fourth-order valence-corrected chi connectivity index (χ4v) is 3.54. The van der Waals surface area contributed by atoms with Crippen molar-refractivity contribution < 1.29 is 4.79 Å². The summed E-state index contributed by atoms with van der Waals surface area (Å²) in [5, 5.41) is 3.10. The molecule has 0 radical (unpaired) electrons. The number of amides is 1. The number of benzene rings is 2. The number of hydrogen-bond acceptors (Lipinski definition) is 2. The SMILES string of the molecule is O=C(NCc1cccc(Br)c1)C(c1ccccc1)N1CCCC1. The van der Waals surface area contributed by atoms with Crippen molar-refractivity contribution in [3.8, 4) is 0 Å². The molecule has 1 aliphatic rings. The van der Waals surface area contributed by atoms with Gasteiger partial charge in [-0.15, -0.1) is 0 Å². The molecule has 1 fully saturated rings. The molecule has 1 unspecified atom stereocenters. The van der Waals surface area contributed by atoms with Gasteiger partial charge in [-0.1, -0.05) is 58.4 Å². The third-order valence-corrected chi connectivity index (χ3v) is 4.72. The number of hydrogen-bond donors (Lipinski definition) is 1. The Morgan fingerprint density at radius 3 is 2.52 bits per heavy atom. The van der Waals surface area contributed by atoms with Crippen molar-refractivity contribution in [1.29, 1.82) is 0 Å². The van der Waals surface area contributed by atoms with Crippen LogP contribution < -0.4 is 5.32 Å². The second-order valence-corrected chi connectivity index (χ2v) is 6.82. The van der Waals surface area contributed by atoms with Gasteiger partial charge < -0.3 is 5.32 Å². The zero-order chi connectivity index (χ0) is 16.1. The lowest BCUT2D eigenvalue weighted by Gasteiger charge is -2.27. The maximum atomic E-state index is 12.8. The highest BCUT2D eigenvalue weighted by atomic mass is 79.9. The van der Waals surface area contributed by atoms with Crippen molar-refractivity contribution in [1.82, 2.24) is 10.2 Å². The number of carbonyl (C=O) groups is 1. The van der Waals surface area contributed by atoms with Crippen LogP contribution in [0.15, 0.2) is 59.1 Å². The van der Waals surface area contributed by atoms with Gasteiger partial charge in [0.2, 0.25) is 5.91 Å². The molecular formula is C19H21BrN2O. The van der Waals surface area contributed by atoms with Crippen LogP contribution in [0.5, 0.6) is 0 Å². The summed E-state index contributed by atoms with van der Waals surface area (Å²) in [6, 6.07) is 17.9. The monoisotopic (exact) mass is 372 g/mol. The largest absolute Gasteiger partial charge is 0.350 e. The Hall–Kier alpha value is -1.65. The van der Waals surface area contributed by atoms with Gasteiger partial charge >= 0.3 is 0 Å². The van der Waals surface area contributed by atoms with E-state index in [-0.39, 0.29) is 11.9 Å². The molecule has 1 N–H and O–H groups in total. The van der Waals surface area contributed by atoms with Crippen molar-refractivity contribution in [2.75, 3.05) is 13.1 Å². The van der Waals surface area contributed by atoms with E-state index in [0.29, 0.717) is 6.54 Å². The third kappa shape index (κ3) is 4.21. The Balaban J connectivity index is 1.72. The molecule has 1 saturated heterocycles. The van der Waals surface area contributed by atoms with Gasteiger partial charge in [-0.05, 0) is 49.2 Å². The molecular weight excluding hydrogens is 352 g/mol. The third-order valence-electron chi connectivity index (χ3n) is 4.23. The first-order valence-corrected chi connectivity index (χ1v) is 8.84. The zero-order valence-electron chi connectivity index (χ0n) is 13.0. The van der Waals surface area contributed by atoms with E-state index < -0.39 is 0 Å². The normalized spacial score (nSPS) is 16.2. The van der Waals surface area contributed by atoms with E-state index in [1.807, 2.05) is 54.6 Å². The average Bonchev–Trinajstić information content (AvgIpc) is 3.08. The molecule has 120 valence electrons. The van der Waals surface area contributed by atoms with Crippen LogP contribution in [-0.4, -0.2) is 23.9 Å². The predicted molar refractivity (Wildman–Crippen MR) is 96.0 cm³/mol. The Bertz CT molecular complexity index is 653. The molecule has 1 heterocycles. The summed E-state index contributed by atoms with van der Waals surface area (Å²) in [4.78, 5) is 15.1. The smallest absolute Gasteiger partial charge is 0.242 e. The van der Waals surface area contributed by atoms with Crippen LogP contribution in [0.2, 0.25) is 0 Å². The minimum atomic E-state index is -0.189. The van der Waals surface area contributed by atoms with Crippen LogP contribution in [0.1, 0.15) is 30.0 Å². The van der Waals surface area contributed by atoms with Gasteiger partial charge in [0.25, 0.3) is 0 Å². The van der Waals surface area contributed by atoms with Crippen molar-refractivity contribution in [2.24, 2.45) is 0 Å². The van der Waals surface area contributed by atoms with E-state index in [0.717, 1.165) is 28.7 Å². The summed E-state index contributed by atoms with van der Waals surface area (Å²) in [5.74, 6) is 0.0816. The van der Waals surface area contributed by atoms with Crippen LogP contribution in [0.3, 0.4) is 0 Å². The van der Waals surface area contributed by atoms with E-state index >= 15 is 0 Å². The van der Waals surface area contributed by atoms with Gasteiger partial charge in [-0.25, -0.2) is 0 Å². The average molecular weight is 373 g/mol. The van der Waals surface area contributed by atoms with Crippen molar-refractivity contribution in [3.63, 3.8) is 0 Å². The van der Waals surface area contributed by atoms with Crippen LogP contribution in [0.25, 0.3) is 0 Å². The van der Waals surface area contributed by atoms with Crippen LogP contribution in [0.4, 0.5) is 0 Å². The molecule has 3 rings (SSSR count). The maximum absolute atomic E-state index is 12.8. The fraction of sp³-hybridized carbons (Fsp3) is 0.316. The number of likely N-dealkylation sites (tertiary alicyclic amines) is 1. The van der Waals surface area contributed by atoms with Gasteiger partial charge in [0.05, 0.1) is 0 Å². The summed E-state index contributed by atoms with van der Waals surface area (Å²) in [6.45, 7) is 2.53. The molecule has 23 heavy (non-hydrogen) atoms. The second kappa shape index (κ2) is 7.75. The summed E-state index contributed by atoms with van der Waals surface area (Å²) in [5.41, 5.74) is 2.17. The Kier molecular flexibility index (Phi) is 5.47. The molecule has 1 amide bonds. The number of rotatable bonds is 5. The molecule has 1 aliphatic heterocycles. The summed E-state index contributed by atoms with van der Waals surface area (Å²) < 4.78 is 1.03. The predicted octanol–water partition coefficient (Wildman–Crippen LogP) is 3.90. The van der Waals surface area contributed by atoms with Crippen LogP contribution in [0, 0.1) is 0 Å². The van der Waals surface area contributed by atoms with Crippen LogP contribution >= 0.6 is 15.9 Å². The molecule has 0 bridgehead atoms. The Morgan fingerprint density at radius 1 is 1.09 bits per heavy atom. The minimum Gasteiger partial charge on any atom is -0.350 e. The van der Waals surface area contributed by atoms with E-state index in [1.165, 1.54) is 12.8 Å². The molecule has 2 aromatic carbocycles. The molecule has 0 spiro atoms. The summed E-state index contributed by atoms with van der Waals surface area (Å²) in [6.07, 6.45) is 2.34. The minimum absolute atomic E-state index is 0.0816. The van der Waals surface area contributed by atoms with Gasteiger partial charge in [0.15, 0.2) is 0 Å². The second-order valence-electron chi connectivity index (χ2n) is 5.90. The van der Waals surface area contributed by atoms with E-state index in [1.54, 1.807) is 0 Å². The lowest BCUT2D eigenvalue weighted by Crippen LogP contribution is -2.39. The Morgan fingerprint density at radius 2 is 1.83 bits per heavy atom. The topological polar surface area (TPSA) is 32.3 Å². The van der Waals surface area contributed by atoms with Gasteiger partial charge in [0.1, 0.15) is 6.04 Å². The molecule has 0 aromatic heterocycles. The van der Waals surface area contributed by atoms with E-state index in [9.17, 15) is 4.79 Å². The van der Waals surface area contributed by atoms with Gasteiger partial charge in [0, 0.05) is 11.0 Å². The van der Waals surface area contributed by atoms with Crippen LogP contribution in [-0.2, 0) is 11.3 Å². The molecule has 4 heteroatoms. The lowest BCUT2D eigenvalue weighted by atomic mass is 10.0. The van der Waals surface area contributed by atoms with Gasteiger partial charge in [-0.2, -0.15) is 0 Å². The highest BCUT2D eigenvalue weighted by molar-refractivity contribution is 9.10. The van der Waals surface area contributed by atoms with E-state index in [2.05, 4.69) is 26.1 Å². The molecule has 3 nitrogen and oxygen atoms in total. The van der Waals surface area contributed by atoms with Crippen molar-refractivity contribution in [2.45, 2.75) is 25.4 Å². The highest BCUT2D eigenvalue weighted by Gasteiger charge is 2.29. The number of nitrogens with one attached hydrogen (secondary N) is 1. The standard InChI is InChI=1S/C19H21BrN2O/c20-17-10-6-7-15(13-17)14-21-19(23)18(22-11-4-5-12-22)16-8-2-1-3-9-16/h1-3,6-10,13,18H,4-5,11-12,14H2,(H,21,23). The summed E-state index contributed by atoms with van der Waals surface area (Å²) in [7, 11) is 0. The first-order chi connectivity index (χ1) is 11.2. The fourth-order valence-electron chi connectivity index (χ4n) is 3.10. The first-order valence-electron chi connectivity index (χ1n) is 8.05. The zero-order valence-corrected chi connectivity index (χ0v) is 14.6. The Labute approximate surface area is 145 Å². The van der Waals surface area contributed by atoms with Gasteiger partial charge in [-0.3, -0.25) is 9.69 Å². The molecule has 1 atom stereocenters. The number of carbonyl (C=O) groups excluding carboxylic acids is 1. The number of halogens is 1. The highest BCUT2D eigenvalue weighted by Crippen LogP contribution is 2.25. The molecule has 2 aromatic rings. The lowest BCUT2D eigenvalue weighted by molar-refractivity contribution is -0.126. The first kappa shape index (κ1) is 16.2. The molecule has 0 saturated carbocycles. The molecule has 0 aliphatic carbocycles. The number of nitrogens with zero attached hydrogens (tertiary/aromatic N) is 1.